The summed E-state index contributed by atoms with van der Waals surface area (Å²) in [5, 5.41) is 12.1. The van der Waals surface area contributed by atoms with Crippen molar-refractivity contribution in [2.75, 3.05) is 13.2 Å². The van der Waals surface area contributed by atoms with Crippen molar-refractivity contribution in [1.82, 2.24) is 5.32 Å². The molecule has 0 fully saturated rings. The predicted molar refractivity (Wildman–Crippen MR) is 60.9 cm³/mol. The predicted octanol–water partition coefficient (Wildman–Crippen LogP) is 2.32. The number of unbranched alkanes of at least 4 members (excludes halogenated alkanes) is 1. The molecule has 1 atom stereocenters. The van der Waals surface area contributed by atoms with E-state index in [2.05, 4.69) is 18.3 Å². The Kier molecular flexibility index (Phi) is 4.85. The van der Waals surface area contributed by atoms with Crippen molar-refractivity contribution in [2.24, 2.45) is 0 Å². The Morgan fingerprint density at radius 3 is 2.67 bits per heavy atom. The molecule has 1 rings (SSSR count). The van der Waals surface area contributed by atoms with Crippen LogP contribution in [0, 0.1) is 13.8 Å². The third-order valence-electron chi connectivity index (χ3n) is 2.58. The Morgan fingerprint density at radius 2 is 2.13 bits per heavy atom. The molecule has 0 saturated heterocycles. The van der Waals surface area contributed by atoms with Gasteiger partial charge >= 0.3 is 0 Å². The van der Waals surface area contributed by atoms with Crippen molar-refractivity contribution < 1.29 is 9.52 Å². The van der Waals surface area contributed by atoms with Gasteiger partial charge in [-0.25, -0.2) is 0 Å². The van der Waals surface area contributed by atoms with Crippen molar-refractivity contribution in [3.63, 3.8) is 0 Å². The van der Waals surface area contributed by atoms with Gasteiger partial charge in [0.2, 0.25) is 0 Å². The van der Waals surface area contributed by atoms with E-state index in [-0.39, 0.29) is 6.61 Å². The molecule has 0 aliphatic rings. The third kappa shape index (κ3) is 3.68. The van der Waals surface area contributed by atoms with E-state index >= 15 is 0 Å². The van der Waals surface area contributed by atoms with E-state index in [1.54, 1.807) is 0 Å². The molecule has 86 valence electrons. The molecule has 0 amide bonds. The van der Waals surface area contributed by atoms with Gasteiger partial charge in [-0.1, -0.05) is 0 Å². The van der Waals surface area contributed by atoms with Crippen LogP contribution < -0.4 is 5.32 Å². The van der Waals surface area contributed by atoms with E-state index in [1.807, 2.05) is 13.8 Å². The van der Waals surface area contributed by atoms with Gasteiger partial charge in [0, 0.05) is 18.2 Å². The van der Waals surface area contributed by atoms with Crippen molar-refractivity contribution >= 4 is 0 Å². The fourth-order valence-electron chi connectivity index (χ4n) is 1.75. The summed E-state index contributed by atoms with van der Waals surface area (Å²) in [6.45, 7) is 7.31. The first-order chi connectivity index (χ1) is 7.15. The highest BCUT2D eigenvalue weighted by Crippen LogP contribution is 2.20. The van der Waals surface area contributed by atoms with Crippen LogP contribution in [-0.2, 0) is 0 Å². The maximum absolute atomic E-state index is 8.65. The molecular weight excluding hydrogens is 190 g/mol. The molecule has 0 radical (unpaired) electrons. The van der Waals surface area contributed by atoms with Crippen LogP contribution in [0.1, 0.15) is 42.9 Å². The van der Waals surface area contributed by atoms with Gasteiger partial charge in [0.15, 0.2) is 0 Å². The molecule has 0 spiro atoms. The monoisotopic (exact) mass is 211 g/mol. The summed E-state index contributed by atoms with van der Waals surface area (Å²) < 4.78 is 5.48. The molecule has 3 heteroatoms. The zero-order valence-corrected chi connectivity index (χ0v) is 9.84. The average Bonchev–Trinajstić information content (AvgIpc) is 2.52. The van der Waals surface area contributed by atoms with Crippen LogP contribution in [0.2, 0.25) is 0 Å². The molecule has 3 nitrogen and oxygen atoms in total. The van der Waals surface area contributed by atoms with E-state index < -0.39 is 0 Å². The topological polar surface area (TPSA) is 45.4 Å². The summed E-state index contributed by atoms with van der Waals surface area (Å²) in [7, 11) is 0. The molecule has 2 N–H and O–H groups in total. The highest BCUT2D eigenvalue weighted by atomic mass is 16.3. The number of aliphatic hydroxyl groups excluding tert-OH is 1. The first kappa shape index (κ1) is 12.3. The van der Waals surface area contributed by atoms with Crippen LogP contribution in [0.25, 0.3) is 0 Å². The van der Waals surface area contributed by atoms with Crippen LogP contribution >= 0.6 is 0 Å². The Balaban J connectivity index is 2.39. The van der Waals surface area contributed by atoms with Crippen molar-refractivity contribution in [3.05, 3.63) is 23.2 Å². The summed E-state index contributed by atoms with van der Waals surface area (Å²) >= 11 is 0. The lowest BCUT2D eigenvalue weighted by atomic mass is 10.1. The van der Waals surface area contributed by atoms with E-state index in [0.29, 0.717) is 6.04 Å². The first-order valence-electron chi connectivity index (χ1n) is 5.56. The quantitative estimate of drug-likeness (QED) is 0.710. The maximum atomic E-state index is 8.65. The van der Waals surface area contributed by atoms with Gasteiger partial charge in [-0.05, 0) is 46.2 Å². The Morgan fingerprint density at radius 1 is 1.40 bits per heavy atom. The second-order valence-corrected chi connectivity index (χ2v) is 3.98. The van der Waals surface area contributed by atoms with E-state index in [1.165, 1.54) is 5.56 Å². The van der Waals surface area contributed by atoms with Crippen LogP contribution in [-0.4, -0.2) is 18.3 Å². The molecule has 0 aromatic carbocycles. The van der Waals surface area contributed by atoms with Crippen molar-refractivity contribution in [2.45, 2.75) is 39.7 Å². The number of nitrogens with one attached hydrogen (secondary N) is 1. The minimum absolute atomic E-state index is 0.278. The SMILES string of the molecule is Cc1cc(C(C)NCCCCO)c(C)o1. The van der Waals surface area contributed by atoms with Crippen LogP contribution in [0.5, 0.6) is 0 Å². The van der Waals surface area contributed by atoms with Crippen LogP contribution in [0.3, 0.4) is 0 Å². The minimum Gasteiger partial charge on any atom is -0.466 e. The molecule has 0 aliphatic heterocycles. The summed E-state index contributed by atoms with van der Waals surface area (Å²) in [6, 6.07) is 2.40. The number of rotatable bonds is 6. The Labute approximate surface area is 91.5 Å². The summed E-state index contributed by atoms with van der Waals surface area (Å²) in [5.74, 6) is 1.96. The van der Waals surface area contributed by atoms with Gasteiger partial charge in [-0.3, -0.25) is 0 Å². The van der Waals surface area contributed by atoms with Crippen molar-refractivity contribution in [3.8, 4) is 0 Å². The largest absolute Gasteiger partial charge is 0.466 e. The zero-order chi connectivity index (χ0) is 11.3. The standard InChI is InChI=1S/C12H21NO2/c1-9-8-12(11(3)15-9)10(2)13-6-4-5-7-14/h8,10,13-14H,4-7H2,1-3H3. The molecule has 0 aliphatic carbocycles. The molecule has 1 heterocycles. The molecule has 15 heavy (non-hydrogen) atoms. The van der Waals surface area contributed by atoms with Gasteiger partial charge in [-0.2, -0.15) is 0 Å². The summed E-state index contributed by atoms with van der Waals surface area (Å²) in [5.41, 5.74) is 1.23. The van der Waals surface area contributed by atoms with Gasteiger partial charge in [-0.15, -0.1) is 0 Å². The summed E-state index contributed by atoms with van der Waals surface area (Å²) in [6.07, 6.45) is 1.87. The molecular formula is C12H21NO2. The number of hydrogen-bond donors (Lipinski definition) is 2. The zero-order valence-electron chi connectivity index (χ0n) is 9.84. The fourth-order valence-corrected chi connectivity index (χ4v) is 1.75. The van der Waals surface area contributed by atoms with E-state index in [4.69, 9.17) is 9.52 Å². The molecule has 1 unspecified atom stereocenters. The Bertz CT molecular complexity index is 294. The van der Waals surface area contributed by atoms with Crippen LogP contribution in [0.4, 0.5) is 0 Å². The normalized spacial score (nSPS) is 13.1. The molecule has 1 aromatic heterocycles. The van der Waals surface area contributed by atoms with E-state index in [9.17, 15) is 0 Å². The third-order valence-corrected chi connectivity index (χ3v) is 2.58. The first-order valence-corrected chi connectivity index (χ1v) is 5.56. The maximum Gasteiger partial charge on any atom is 0.105 e. The average molecular weight is 211 g/mol. The molecule has 0 saturated carbocycles. The number of aliphatic hydroxyl groups is 1. The highest BCUT2D eigenvalue weighted by molar-refractivity contribution is 5.23. The second-order valence-electron chi connectivity index (χ2n) is 3.98. The van der Waals surface area contributed by atoms with Gasteiger partial charge in [0.25, 0.3) is 0 Å². The van der Waals surface area contributed by atoms with Gasteiger partial charge < -0.3 is 14.8 Å². The highest BCUT2D eigenvalue weighted by Gasteiger charge is 2.11. The number of aryl methyl sites for hydroxylation is 2. The molecule has 1 aromatic rings. The smallest absolute Gasteiger partial charge is 0.105 e. The number of hydrogen-bond acceptors (Lipinski definition) is 3. The molecule has 0 bridgehead atoms. The van der Waals surface area contributed by atoms with E-state index in [0.717, 1.165) is 30.9 Å². The summed E-state index contributed by atoms with van der Waals surface area (Å²) in [4.78, 5) is 0. The minimum atomic E-state index is 0.278. The van der Waals surface area contributed by atoms with Crippen molar-refractivity contribution in [1.29, 1.82) is 0 Å². The lowest BCUT2D eigenvalue weighted by Gasteiger charge is -2.12. The lowest BCUT2D eigenvalue weighted by molar-refractivity contribution is 0.283. The Hall–Kier alpha value is -0.800. The fraction of sp³-hybridized carbons (Fsp3) is 0.667. The second kappa shape index (κ2) is 5.93. The number of furan rings is 1. The lowest BCUT2D eigenvalue weighted by Crippen LogP contribution is -2.20. The van der Waals surface area contributed by atoms with Crippen LogP contribution in [0.15, 0.2) is 10.5 Å². The van der Waals surface area contributed by atoms with Gasteiger partial charge in [0.05, 0.1) is 0 Å². The van der Waals surface area contributed by atoms with Gasteiger partial charge in [0.1, 0.15) is 11.5 Å².